The van der Waals surface area contributed by atoms with Crippen LogP contribution in [-0.4, -0.2) is 24.9 Å². The Morgan fingerprint density at radius 1 is 1.39 bits per heavy atom. The molecule has 2 unspecified atom stereocenters. The van der Waals surface area contributed by atoms with Crippen LogP contribution in [0.25, 0.3) is 0 Å². The smallest absolute Gasteiger partial charge is 0.316 e. The lowest BCUT2D eigenvalue weighted by molar-refractivity contribution is -0.153. The highest BCUT2D eigenvalue weighted by atomic mass is 16.5. The fraction of sp³-hybridized carbons (Fsp3) is 0.429. The Balaban J connectivity index is 2.15. The molecule has 1 aliphatic rings. The molecule has 96 valence electrons. The fourth-order valence-electron chi connectivity index (χ4n) is 2.22. The fourth-order valence-corrected chi connectivity index (χ4v) is 2.22. The molecule has 0 saturated carbocycles. The zero-order valence-electron chi connectivity index (χ0n) is 10.4. The van der Waals surface area contributed by atoms with Gasteiger partial charge in [-0.3, -0.25) is 9.59 Å². The number of benzene rings is 1. The molecule has 1 aromatic rings. The molecule has 4 nitrogen and oxygen atoms in total. The standard InChI is InChI=1S/C14H17NO3/c1-2-18-14(17)11-8-9-15-12(13(11)16)10-6-4-3-5-7-10/h3-7,11-12,15H,2,8-9H2,1H3. The monoisotopic (exact) mass is 247 g/mol. The second-order valence-electron chi connectivity index (χ2n) is 4.29. The molecule has 1 N–H and O–H groups in total. The predicted octanol–water partition coefficient (Wildman–Crippen LogP) is 1.47. The van der Waals surface area contributed by atoms with Gasteiger partial charge in [0.25, 0.3) is 0 Å². The Morgan fingerprint density at radius 3 is 2.78 bits per heavy atom. The second-order valence-corrected chi connectivity index (χ2v) is 4.29. The number of carbonyl (C=O) groups is 2. The number of Topliss-reactive ketones (excluding diaryl/α,β-unsaturated/α-hetero) is 1. The van der Waals surface area contributed by atoms with Gasteiger partial charge in [-0.1, -0.05) is 30.3 Å². The minimum atomic E-state index is -0.628. The van der Waals surface area contributed by atoms with Crippen molar-refractivity contribution in [1.82, 2.24) is 5.32 Å². The van der Waals surface area contributed by atoms with Gasteiger partial charge in [-0.05, 0) is 25.5 Å². The van der Waals surface area contributed by atoms with Crippen LogP contribution < -0.4 is 5.32 Å². The summed E-state index contributed by atoms with van der Waals surface area (Å²) in [4.78, 5) is 24.0. The molecule has 0 spiro atoms. The summed E-state index contributed by atoms with van der Waals surface area (Å²) in [7, 11) is 0. The van der Waals surface area contributed by atoms with Crippen LogP contribution in [0.4, 0.5) is 0 Å². The molecular formula is C14H17NO3. The summed E-state index contributed by atoms with van der Waals surface area (Å²) in [5, 5.41) is 3.15. The Kier molecular flexibility index (Phi) is 4.10. The largest absolute Gasteiger partial charge is 0.465 e. The van der Waals surface area contributed by atoms with Crippen LogP contribution in [0.5, 0.6) is 0 Å². The third-order valence-corrected chi connectivity index (χ3v) is 3.11. The summed E-state index contributed by atoms with van der Waals surface area (Å²) in [6.07, 6.45) is 0.515. The van der Waals surface area contributed by atoms with Crippen molar-refractivity contribution < 1.29 is 14.3 Å². The van der Waals surface area contributed by atoms with Crippen molar-refractivity contribution in [3.8, 4) is 0 Å². The molecule has 2 atom stereocenters. The molecule has 0 aromatic heterocycles. The van der Waals surface area contributed by atoms with Gasteiger partial charge in [0.2, 0.25) is 0 Å². The molecule has 1 aliphatic heterocycles. The molecule has 1 heterocycles. The number of nitrogens with one attached hydrogen (secondary N) is 1. The number of esters is 1. The van der Waals surface area contributed by atoms with E-state index in [1.54, 1.807) is 6.92 Å². The van der Waals surface area contributed by atoms with Crippen LogP contribution in [-0.2, 0) is 14.3 Å². The van der Waals surface area contributed by atoms with E-state index >= 15 is 0 Å². The lowest BCUT2D eigenvalue weighted by Gasteiger charge is -2.28. The molecule has 1 saturated heterocycles. The normalized spacial score (nSPS) is 23.7. The molecule has 4 heteroatoms. The van der Waals surface area contributed by atoms with Gasteiger partial charge in [0.05, 0.1) is 12.6 Å². The first-order valence-electron chi connectivity index (χ1n) is 6.22. The average Bonchev–Trinajstić information content (AvgIpc) is 2.40. The zero-order valence-corrected chi connectivity index (χ0v) is 10.4. The van der Waals surface area contributed by atoms with E-state index in [1.807, 2.05) is 30.3 Å². The first kappa shape index (κ1) is 12.8. The topological polar surface area (TPSA) is 55.4 Å². The number of hydrogen-bond acceptors (Lipinski definition) is 4. The van der Waals surface area contributed by atoms with Crippen LogP contribution >= 0.6 is 0 Å². The molecule has 2 rings (SSSR count). The lowest BCUT2D eigenvalue weighted by atomic mass is 9.87. The van der Waals surface area contributed by atoms with Gasteiger partial charge < -0.3 is 10.1 Å². The van der Waals surface area contributed by atoms with E-state index in [-0.39, 0.29) is 5.78 Å². The van der Waals surface area contributed by atoms with E-state index in [4.69, 9.17) is 4.74 Å². The van der Waals surface area contributed by atoms with Gasteiger partial charge in [0.1, 0.15) is 5.92 Å². The summed E-state index contributed by atoms with van der Waals surface area (Å²) in [6.45, 7) is 2.71. The third-order valence-electron chi connectivity index (χ3n) is 3.11. The molecule has 0 aliphatic carbocycles. The van der Waals surface area contributed by atoms with Gasteiger partial charge in [-0.25, -0.2) is 0 Å². The summed E-state index contributed by atoms with van der Waals surface area (Å²) < 4.78 is 4.95. The first-order chi connectivity index (χ1) is 8.74. The maximum absolute atomic E-state index is 12.3. The highest BCUT2D eigenvalue weighted by Crippen LogP contribution is 2.24. The van der Waals surface area contributed by atoms with Crippen molar-refractivity contribution in [2.24, 2.45) is 5.92 Å². The van der Waals surface area contributed by atoms with Crippen LogP contribution in [0.3, 0.4) is 0 Å². The van der Waals surface area contributed by atoms with Crippen LogP contribution in [0.1, 0.15) is 24.9 Å². The molecule has 18 heavy (non-hydrogen) atoms. The Hall–Kier alpha value is -1.68. The van der Waals surface area contributed by atoms with E-state index in [2.05, 4.69) is 5.32 Å². The molecule has 0 radical (unpaired) electrons. The second kappa shape index (κ2) is 5.78. The van der Waals surface area contributed by atoms with E-state index in [0.29, 0.717) is 19.6 Å². The van der Waals surface area contributed by atoms with Gasteiger partial charge in [0.15, 0.2) is 5.78 Å². The van der Waals surface area contributed by atoms with Gasteiger partial charge >= 0.3 is 5.97 Å². The minimum Gasteiger partial charge on any atom is -0.465 e. The van der Waals surface area contributed by atoms with Gasteiger partial charge in [-0.15, -0.1) is 0 Å². The summed E-state index contributed by atoms with van der Waals surface area (Å²) in [6, 6.07) is 9.07. The van der Waals surface area contributed by atoms with E-state index in [9.17, 15) is 9.59 Å². The van der Waals surface area contributed by atoms with Crippen molar-refractivity contribution in [3.05, 3.63) is 35.9 Å². The molecule has 0 amide bonds. The van der Waals surface area contributed by atoms with Crippen LogP contribution in [0.2, 0.25) is 0 Å². The number of rotatable bonds is 3. The number of carbonyl (C=O) groups excluding carboxylic acids is 2. The zero-order chi connectivity index (χ0) is 13.0. The molecule has 0 bridgehead atoms. The van der Waals surface area contributed by atoms with Crippen LogP contribution in [0, 0.1) is 5.92 Å². The van der Waals surface area contributed by atoms with E-state index < -0.39 is 17.9 Å². The van der Waals surface area contributed by atoms with Crippen molar-refractivity contribution in [3.63, 3.8) is 0 Å². The Morgan fingerprint density at radius 2 is 2.11 bits per heavy atom. The third kappa shape index (κ3) is 2.59. The number of piperidine rings is 1. The van der Waals surface area contributed by atoms with E-state index in [0.717, 1.165) is 5.56 Å². The summed E-state index contributed by atoms with van der Waals surface area (Å²) in [5.41, 5.74) is 0.900. The first-order valence-corrected chi connectivity index (χ1v) is 6.22. The molecule has 1 fully saturated rings. The van der Waals surface area contributed by atoms with Crippen LogP contribution in [0.15, 0.2) is 30.3 Å². The van der Waals surface area contributed by atoms with Gasteiger partial charge in [-0.2, -0.15) is 0 Å². The van der Waals surface area contributed by atoms with Gasteiger partial charge in [0, 0.05) is 0 Å². The quantitative estimate of drug-likeness (QED) is 0.649. The average molecular weight is 247 g/mol. The SMILES string of the molecule is CCOC(=O)C1CCNC(c2ccccc2)C1=O. The number of ketones is 1. The number of hydrogen-bond donors (Lipinski definition) is 1. The lowest BCUT2D eigenvalue weighted by Crippen LogP contribution is -2.43. The highest BCUT2D eigenvalue weighted by molar-refractivity contribution is 6.02. The highest BCUT2D eigenvalue weighted by Gasteiger charge is 2.37. The van der Waals surface area contributed by atoms with Crippen molar-refractivity contribution >= 4 is 11.8 Å². The molecular weight excluding hydrogens is 230 g/mol. The van der Waals surface area contributed by atoms with Crippen molar-refractivity contribution in [2.75, 3.05) is 13.2 Å². The van der Waals surface area contributed by atoms with Crippen molar-refractivity contribution in [2.45, 2.75) is 19.4 Å². The predicted molar refractivity (Wildman–Crippen MR) is 66.9 cm³/mol. The summed E-state index contributed by atoms with van der Waals surface area (Å²) in [5.74, 6) is -1.12. The Labute approximate surface area is 106 Å². The summed E-state index contributed by atoms with van der Waals surface area (Å²) >= 11 is 0. The maximum Gasteiger partial charge on any atom is 0.316 e. The van der Waals surface area contributed by atoms with E-state index in [1.165, 1.54) is 0 Å². The number of ether oxygens (including phenoxy) is 1. The Bertz CT molecular complexity index is 430. The maximum atomic E-state index is 12.3. The van der Waals surface area contributed by atoms with Crippen molar-refractivity contribution in [1.29, 1.82) is 0 Å². The molecule has 1 aromatic carbocycles. The minimum absolute atomic E-state index is 0.0918.